The maximum Gasteiger partial charge on any atom is 2.00 e. The van der Waals surface area contributed by atoms with Crippen LogP contribution in [0.15, 0.2) is 243 Å². The molecule has 0 aromatic heterocycles. The Labute approximate surface area is 324 Å². The minimum Gasteiger partial charge on any atom is -0.269 e. The van der Waals surface area contributed by atoms with Crippen LogP contribution in [0.2, 0.25) is 0 Å². The molecule has 0 spiro atoms. The van der Waals surface area contributed by atoms with E-state index in [0.29, 0.717) is 0 Å². The van der Waals surface area contributed by atoms with E-state index in [0.717, 1.165) is 0 Å². The normalized spacial score (nSPS) is 10.8. The van der Waals surface area contributed by atoms with Gasteiger partial charge in [0.2, 0.25) is 0 Å². The zero-order valence-electron chi connectivity index (χ0n) is 29.4. The molecule has 52 heavy (non-hydrogen) atoms. The molecular weight excluding hydrogens is 641 g/mol. The van der Waals surface area contributed by atoms with Gasteiger partial charge in [0.1, 0.15) is 12.3 Å². The van der Waals surface area contributed by atoms with E-state index in [1.165, 1.54) is 43.7 Å². The molecule has 0 radical (unpaired) electrons. The number of hydrogen-bond acceptors (Lipinski definition) is 0. The second-order valence-electron chi connectivity index (χ2n) is 13.0. The zero-order chi connectivity index (χ0) is 33.9. The standard InChI is InChI=1S/2C24H20B.FH.Mg/c2*1-5-13-21(14-6-1)25(22-15-7-2-8-16-22,23-17-9-3-10-18-23)24-19-11-4-12-20-24;;/h2*1-20H;1H;/q2*-1;;+2. The fourth-order valence-corrected chi connectivity index (χ4v) is 8.24. The summed E-state index contributed by atoms with van der Waals surface area (Å²) in [6.45, 7) is 0. The quantitative estimate of drug-likeness (QED) is 0.175. The van der Waals surface area contributed by atoms with Crippen molar-refractivity contribution in [2.45, 2.75) is 0 Å². The smallest absolute Gasteiger partial charge is 0.269 e. The van der Waals surface area contributed by atoms with Gasteiger partial charge in [-0.2, -0.15) is 43.7 Å². The van der Waals surface area contributed by atoms with E-state index in [2.05, 4.69) is 243 Å². The van der Waals surface area contributed by atoms with E-state index in [1.54, 1.807) is 0 Å². The molecule has 0 nitrogen and oxygen atoms in total. The SMILES string of the molecule is F.[Mg+2].c1ccc([B-](c2ccccc2)(c2ccccc2)c2ccccc2)cc1.c1ccc([B-](c2ccccc2)(c2ccccc2)c2ccccc2)cc1. The molecule has 0 heterocycles. The summed E-state index contributed by atoms with van der Waals surface area (Å²) < 4.78 is 0. The topological polar surface area (TPSA) is 0 Å². The van der Waals surface area contributed by atoms with E-state index in [-0.39, 0.29) is 27.8 Å². The van der Waals surface area contributed by atoms with Gasteiger partial charge < -0.3 is 0 Å². The monoisotopic (exact) mass is 682 g/mol. The van der Waals surface area contributed by atoms with Crippen molar-refractivity contribution in [2.75, 3.05) is 0 Å². The van der Waals surface area contributed by atoms with Crippen molar-refractivity contribution in [1.29, 1.82) is 0 Å². The van der Waals surface area contributed by atoms with Crippen LogP contribution in [0.4, 0.5) is 4.70 Å². The van der Waals surface area contributed by atoms with Crippen LogP contribution in [0.1, 0.15) is 0 Å². The Morgan fingerprint density at radius 1 is 0.173 bits per heavy atom. The van der Waals surface area contributed by atoms with Gasteiger partial charge >= 0.3 is 23.1 Å². The Kier molecular flexibility index (Phi) is 13.2. The molecule has 0 atom stereocenters. The van der Waals surface area contributed by atoms with Gasteiger partial charge in [-0.05, 0) is 0 Å². The summed E-state index contributed by atoms with van der Waals surface area (Å²) in [6, 6.07) is 87.1. The summed E-state index contributed by atoms with van der Waals surface area (Å²) in [6.07, 6.45) is -2.43. The molecule has 4 heteroatoms. The Morgan fingerprint density at radius 3 is 0.365 bits per heavy atom. The van der Waals surface area contributed by atoms with Crippen molar-refractivity contribution in [3.05, 3.63) is 243 Å². The first-order valence-corrected chi connectivity index (χ1v) is 17.6. The summed E-state index contributed by atoms with van der Waals surface area (Å²) in [7, 11) is 0. The summed E-state index contributed by atoms with van der Waals surface area (Å²) >= 11 is 0. The van der Waals surface area contributed by atoms with E-state index in [1.807, 2.05) is 0 Å². The Morgan fingerprint density at radius 2 is 0.269 bits per heavy atom. The molecule has 0 amide bonds. The number of rotatable bonds is 8. The van der Waals surface area contributed by atoms with Crippen LogP contribution in [0, 0.1) is 0 Å². The molecule has 0 bridgehead atoms. The first kappa shape index (κ1) is 37.8. The van der Waals surface area contributed by atoms with Crippen molar-refractivity contribution >= 4 is 79.0 Å². The third-order valence-corrected chi connectivity index (χ3v) is 10.4. The van der Waals surface area contributed by atoms with Gasteiger partial charge in [-0.3, -0.25) is 4.70 Å². The largest absolute Gasteiger partial charge is 2.00 e. The molecule has 8 aromatic rings. The fourth-order valence-electron chi connectivity index (χ4n) is 8.24. The molecule has 0 aliphatic carbocycles. The Hall–Kier alpha value is -5.41. The second-order valence-corrected chi connectivity index (χ2v) is 13.0. The summed E-state index contributed by atoms with van der Waals surface area (Å²) in [5.41, 5.74) is 10.7. The summed E-state index contributed by atoms with van der Waals surface area (Å²) in [5.74, 6) is 0. The average Bonchev–Trinajstić information content (AvgIpc) is 3.22. The fraction of sp³-hybridized carbons (Fsp3) is 0. The maximum atomic E-state index is 2.26. The number of halogens is 1. The van der Waals surface area contributed by atoms with E-state index in [9.17, 15) is 0 Å². The predicted octanol–water partition coefficient (Wildman–Crippen LogP) is 5.90. The number of hydrogen-bond donors (Lipinski definition) is 0. The molecule has 0 N–H and O–H groups in total. The Bertz CT molecular complexity index is 1680. The van der Waals surface area contributed by atoms with Gasteiger partial charge in [-0.25, -0.2) is 0 Å². The van der Waals surface area contributed by atoms with Gasteiger partial charge in [-0.15, -0.1) is 0 Å². The third kappa shape index (κ3) is 7.46. The molecule has 248 valence electrons. The molecule has 0 saturated heterocycles. The van der Waals surface area contributed by atoms with Gasteiger partial charge in [0.05, 0.1) is 0 Å². The van der Waals surface area contributed by atoms with Crippen LogP contribution < -0.4 is 43.7 Å². The molecule has 0 unspecified atom stereocenters. The van der Waals surface area contributed by atoms with Gasteiger partial charge in [0.25, 0.3) is 0 Å². The van der Waals surface area contributed by atoms with Crippen molar-refractivity contribution in [2.24, 2.45) is 0 Å². The van der Waals surface area contributed by atoms with Crippen molar-refractivity contribution in [3.63, 3.8) is 0 Å². The first-order chi connectivity index (χ1) is 24.8. The molecule has 0 fully saturated rings. The van der Waals surface area contributed by atoms with E-state index >= 15 is 0 Å². The van der Waals surface area contributed by atoms with Crippen molar-refractivity contribution in [3.8, 4) is 0 Å². The Balaban J connectivity index is 0.000000194. The van der Waals surface area contributed by atoms with Crippen molar-refractivity contribution < 1.29 is 4.70 Å². The number of benzene rings is 8. The summed E-state index contributed by atoms with van der Waals surface area (Å²) in [5, 5.41) is 0. The third-order valence-electron chi connectivity index (χ3n) is 10.4. The van der Waals surface area contributed by atoms with Crippen LogP contribution in [0.3, 0.4) is 0 Å². The second kappa shape index (κ2) is 18.2. The first-order valence-electron chi connectivity index (χ1n) is 17.6. The van der Waals surface area contributed by atoms with Crippen LogP contribution in [-0.2, 0) is 0 Å². The molecular formula is C48H41B2FMg. The van der Waals surface area contributed by atoms with Crippen LogP contribution in [-0.4, -0.2) is 35.3 Å². The minimum atomic E-state index is -1.22. The zero-order valence-corrected chi connectivity index (χ0v) is 30.8. The summed E-state index contributed by atoms with van der Waals surface area (Å²) in [4.78, 5) is 0. The van der Waals surface area contributed by atoms with Crippen LogP contribution in [0.25, 0.3) is 0 Å². The maximum absolute atomic E-state index is 2.26. The van der Waals surface area contributed by atoms with Crippen LogP contribution >= 0.6 is 0 Å². The van der Waals surface area contributed by atoms with Gasteiger partial charge in [0.15, 0.2) is 0 Å². The van der Waals surface area contributed by atoms with Gasteiger partial charge in [0, 0.05) is 0 Å². The molecule has 0 saturated carbocycles. The minimum absolute atomic E-state index is 0. The molecule has 0 aliphatic rings. The molecule has 8 rings (SSSR count). The predicted molar refractivity (Wildman–Crippen MR) is 228 cm³/mol. The average molecular weight is 683 g/mol. The molecule has 8 aromatic carbocycles. The molecule has 0 aliphatic heterocycles. The van der Waals surface area contributed by atoms with Crippen molar-refractivity contribution in [1.82, 2.24) is 0 Å². The van der Waals surface area contributed by atoms with E-state index < -0.39 is 12.3 Å². The van der Waals surface area contributed by atoms with Crippen LogP contribution in [0.5, 0.6) is 0 Å². The van der Waals surface area contributed by atoms with E-state index in [4.69, 9.17) is 0 Å². The van der Waals surface area contributed by atoms with Gasteiger partial charge in [-0.1, -0.05) is 243 Å².